The summed E-state index contributed by atoms with van der Waals surface area (Å²) in [6.45, 7) is 0.738. The zero-order valence-electron chi connectivity index (χ0n) is 10.9. The second-order valence-corrected chi connectivity index (χ2v) is 6.14. The van der Waals surface area contributed by atoms with E-state index in [0.29, 0.717) is 0 Å². The Morgan fingerprint density at radius 2 is 1.40 bits per heavy atom. The Hall–Kier alpha value is -0.620. The molecule has 1 N–H and O–H groups in total. The van der Waals surface area contributed by atoms with E-state index < -0.39 is 0 Å². The van der Waals surface area contributed by atoms with Crippen molar-refractivity contribution in [2.24, 2.45) is 0 Å². The third-order valence-corrected chi connectivity index (χ3v) is 5.14. The van der Waals surface area contributed by atoms with Crippen molar-refractivity contribution >= 4 is 35.0 Å². The van der Waals surface area contributed by atoms with Crippen molar-refractivity contribution in [2.75, 3.05) is 6.54 Å². The SMILES string of the molecule is Cl.OC1CN(C(c2ccccc2)c2ccccc2)C1I. The Labute approximate surface area is 139 Å². The van der Waals surface area contributed by atoms with Crippen LogP contribution >= 0.6 is 35.0 Å². The first-order chi connectivity index (χ1) is 9.27. The van der Waals surface area contributed by atoms with E-state index in [1.807, 2.05) is 12.1 Å². The Morgan fingerprint density at radius 3 is 1.75 bits per heavy atom. The van der Waals surface area contributed by atoms with Crippen LogP contribution < -0.4 is 0 Å². The van der Waals surface area contributed by atoms with Gasteiger partial charge < -0.3 is 5.11 Å². The monoisotopic (exact) mass is 401 g/mol. The van der Waals surface area contributed by atoms with Gasteiger partial charge in [-0.05, 0) is 11.1 Å². The van der Waals surface area contributed by atoms with Crippen molar-refractivity contribution in [3.63, 3.8) is 0 Å². The van der Waals surface area contributed by atoms with E-state index in [1.54, 1.807) is 0 Å². The molecule has 20 heavy (non-hydrogen) atoms. The molecule has 0 aromatic heterocycles. The van der Waals surface area contributed by atoms with Crippen LogP contribution in [0.4, 0.5) is 0 Å². The third kappa shape index (κ3) is 3.01. The summed E-state index contributed by atoms with van der Waals surface area (Å²) in [6.07, 6.45) is -0.212. The lowest BCUT2D eigenvalue weighted by molar-refractivity contribution is -0.0268. The number of aliphatic hydroxyl groups excluding tert-OH is 1. The van der Waals surface area contributed by atoms with E-state index in [1.165, 1.54) is 11.1 Å². The smallest absolute Gasteiger partial charge is 0.0915 e. The molecular weight excluding hydrogens is 385 g/mol. The van der Waals surface area contributed by atoms with Gasteiger partial charge in [0.15, 0.2) is 0 Å². The zero-order chi connectivity index (χ0) is 13.2. The van der Waals surface area contributed by atoms with Crippen LogP contribution in [0.15, 0.2) is 60.7 Å². The van der Waals surface area contributed by atoms with Crippen LogP contribution in [0.5, 0.6) is 0 Å². The highest BCUT2D eigenvalue weighted by Gasteiger charge is 2.40. The van der Waals surface area contributed by atoms with Crippen molar-refractivity contribution in [3.8, 4) is 0 Å². The molecular formula is C16H17ClINO. The second kappa shape index (κ2) is 6.89. The number of aliphatic hydroxyl groups is 1. The van der Waals surface area contributed by atoms with Crippen LogP contribution in [-0.2, 0) is 0 Å². The van der Waals surface area contributed by atoms with Crippen LogP contribution in [-0.4, -0.2) is 26.7 Å². The lowest BCUT2D eigenvalue weighted by Crippen LogP contribution is -2.57. The minimum Gasteiger partial charge on any atom is -0.389 e. The Bertz CT molecular complexity index is 497. The van der Waals surface area contributed by atoms with E-state index in [0.717, 1.165) is 6.54 Å². The largest absolute Gasteiger partial charge is 0.389 e. The maximum Gasteiger partial charge on any atom is 0.0915 e. The van der Waals surface area contributed by atoms with E-state index in [9.17, 15) is 5.11 Å². The van der Waals surface area contributed by atoms with Crippen LogP contribution in [0.3, 0.4) is 0 Å². The lowest BCUT2D eigenvalue weighted by atomic mass is 9.94. The quantitative estimate of drug-likeness (QED) is 0.482. The summed E-state index contributed by atoms with van der Waals surface area (Å²) >= 11 is 2.33. The van der Waals surface area contributed by atoms with Crippen LogP contribution in [0.1, 0.15) is 17.2 Å². The minimum absolute atomic E-state index is 0. The summed E-state index contributed by atoms with van der Waals surface area (Å²) in [6, 6.07) is 21.2. The van der Waals surface area contributed by atoms with Gasteiger partial charge in [0.05, 0.1) is 16.2 Å². The normalized spacial score (nSPS) is 22.1. The molecule has 1 aliphatic rings. The highest BCUT2D eigenvalue weighted by Crippen LogP contribution is 2.38. The summed E-state index contributed by atoms with van der Waals surface area (Å²) < 4.78 is 0.183. The molecule has 2 aromatic rings. The molecule has 2 atom stereocenters. The summed E-state index contributed by atoms with van der Waals surface area (Å²) in [7, 11) is 0. The molecule has 4 heteroatoms. The molecule has 0 spiro atoms. The van der Waals surface area contributed by atoms with E-state index >= 15 is 0 Å². The molecule has 2 aromatic carbocycles. The van der Waals surface area contributed by atoms with Crippen LogP contribution in [0.25, 0.3) is 0 Å². The average Bonchev–Trinajstić information content (AvgIpc) is 2.49. The first-order valence-corrected chi connectivity index (χ1v) is 7.69. The molecule has 2 nitrogen and oxygen atoms in total. The van der Waals surface area contributed by atoms with Gasteiger partial charge in [-0.25, -0.2) is 0 Å². The molecule has 1 saturated heterocycles. The van der Waals surface area contributed by atoms with Crippen LogP contribution in [0.2, 0.25) is 0 Å². The van der Waals surface area contributed by atoms with Gasteiger partial charge in [-0.15, -0.1) is 12.4 Å². The number of alkyl halides is 1. The summed E-state index contributed by atoms with van der Waals surface area (Å²) in [4.78, 5) is 2.34. The number of hydrogen-bond donors (Lipinski definition) is 1. The molecule has 0 radical (unpaired) electrons. The predicted octanol–water partition coefficient (Wildman–Crippen LogP) is 3.64. The Morgan fingerprint density at radius 1 is 0.950 bits per heavy atom. The van der Waals surface area contributed by atoms with Gasteiger partial charge in [-0.1, -0.05) is 83.3 Å². The molecule has 0 amide bonds. The number of hydrogen-bond acceptors (Lipinski definition) is 2. The predicted molar refractivity (Wildman–Crippen MR) is 92.5 cm³/mol. The Balaban J connectivity index is 0.00000147. The summed E-state index contributed by atoms with van der Waals surface area (Å²) in [5, 5.41) is 9.78. The van der Waals surface area contributed by atoms with Crippen molar-refractivity contribution in [1.29, 1.82) is 0 Å². The summed E-state index contributed by atoms with van der Waals surface area (Å²) in [5.41, 5.74) is 2.56. The molecule has 1 heterocycles. The number of likely N-dealkylation sites (tertiary alicyclic amines) is 1. The molecule has 0 aliphatic carbocycles. The summed E-state index contributed by atoms with van der Waals surface area (Å²) in [5.74, 6) is 0. The molecule has 0 bridgehead atoms. The van der Waals surface area contributed by atoms with E-state index in [4.69, 9.17) is 0 Å². The second-order valence-electron chi connectivity index (χ2n) is 4.86. The number of halogens is 2. The number of rotatable bonds is 3. The van der Waals surface area contributed by atoms with Gasteiger partial charge in [0.2, 0.25) is 0 Å². The van der Waals surface area contributed by atoms with Gasteiger partial charge in [-0.2, -0.15) is 0 Å². The number of benzene rings is 2. The number of β-amino-alcohol motifs (C(OH)–C–C–N with tert-alkyl or cyclic N) is 1. The fourth-order valence-electron chi connectivity index (χ4n) is 2.58. The van der Waals surface area contributed by atoms with E-state index in [2.05, 4.69) is 76.0 Å². The van der Waals surface area contributed by atoms with E-state index in [-0.39, 0.29) is 28.6 Å². The highest BCUT2D eigenvalue weighted by molar-refractivity contribution is 14.1. The molecule has 106 valence electrons. The first kappa shape index (κ1) is 15.8. The maximum absolute atomic E-state index is 9.78. The maximum atomic E-state index is 9.78. The molecule has 0 saturated carbocycles. The fraction of sp³-hybridized carbons (Fsp3) is 0.250. The highest BCUT2D eigenvalue weighted by atomic mass is 127. The Kier molecular flexibility index (Phi) is 5.43. The first-order valence-electron chi connectivity index (χ1n) is 6.45. The van der Waals surface area contributed by atoms with Crippen molar-refractivity contribution in [3.05, 3.63) is 71.8 Å². The van der Waals surface area contributed by atoms with Crippen molar-refractivity contribution < 1.29 is 5.11 Å². The molecule has 1 fully saturated rings. The molecule has 2 unspecified atom stereocenters. The number of nitrogens with zero attached hydrogens (tertiary/aromatic N) is 1. The van der Waals surface area contributed by atoms with Gasteiger partial charge in [-0.3, -0.25) is 4.90 Å². The molecule has 1 aliphatic heterocycles. The molecule has 3 rings (SSSR count). The third-order valence-electron chi connectivity index (χ3n) is 3.59. The lowest BCUT2D eigenvalue weighted by Gasteiger charge is -2.47. The topological polar surface area (TPSA) is 23.5 Å². The zero-order valence-corrected chi connectivity index (χ0v) is 13.9. The van der Waals surface area contributed by atoms with Crippen LogP contribution in [0, 0.1) is 0 Å². The van der Waals surface area contributed by atoms with Gasteiger partial charge in [0, 0.05) is 6.54 Å². The standard InChI is InChI=1S/C16H16INO.ClH/c17-16-14(19)11-18(16)15(12-7-3-1-4-8-12)13-9-5-2-6-10-13;/h1-10,14-16,19H,11H2;1H. The van der Waals surface area contributed by atoms with Gasteiger partial charge >= 0.3 is 0 Å². The van der Waals surface area contributed by atoms with Gasteiger partial charge in [0.1, 0.15) is 0 Å². The average molecular weight is 402 g/mol. The van der Waals surface area contributed by atoms with Gasteiger partial charge in [0.25, 0.3) is 0 Å². The van der Waals surface area contributed by atoms with Crippen molar-refractivity contribution in [2.45, 2.75) is 16.2 Å². The fourth-order valence-corrected chi connectivity index (χ4v) is 3.36. The minimum atomic E-state index is -0.212. The van der Waals surface area contributed by atoms with Crippen molar-refractivity contribution in [1.82, 2.24) is 4.90 Å².